The number of aromatic nitrogens is 2. The molecule has 0 aliphatic carbocycles. The maximum absolute atomic E-state index is 13.2. The van der Waals surface area contributed by atoms with Crippen molar-refractivity contribution in [3.63, 3.8) is 0 Å². The molecule has 2 aromatic heterocycles. The summed E-state index contributed by atoms with van der Waals surface area (Å²) >= 11 is 1.20. The first-order chi connectivity index (χ1) is 14.4. The van der Waals surface area contributed by atoms with Crippen LogP contribution in [0.5, 0.6) is 5.75 Å². The number of Topliss-reactive ketones (excluding diaryl/α,β-unsaturated/α-hetero) is 1. The lowest BCUT2D eigenvalue weighted by atomic mass is 9.95. The van der Waals surface area contributed by atoms with Crippen molar-refractivity contribution in [2.75, 3.05) is 11.5 Å². The van der Waals surface area contributed by atoms with Gasteiger partial charge in [0.2, 0.25) is 10.9 Å². The van der Waals surface area contributed by atoms with Crippen LogP contribution in [0.4, 0.5) is 5.13 Å². The fourth-order valence-electron chi connectivity index (χ4n) is 3.36. The average Bonchev–Trinajstić information content (AvgIpc) is 3.41. The van der Waals surface area contributed by atoms with Crippen molar-refractivity contribution >= 4 is 28.2 Å². The van der Waals surface area contributed by atoms with Crippen molar-refractivity contribution in [2.45, 2.75) is 26.8 Å². The molecule has 3 heterocycles. The van der Waals surface area contributed by atoms with Crippen LogP contribution in [0, 0.1) is 13.8 Å². The van der Waals surface area contributed by atoms with Gasteiger partial charge in [-0.3, -0.25) is 14.5 Å². The first-order valence-corrected chi connectivity index (χ1v) is 10.1. The molecule has 1 aromatic carbocycles. The van der Waals surface area contributed by atoms with E-state index in [1.165, 1.54) is 22.3 Å². The molecule has 0 unspecified atom stereocenters. The van der Waals surface area contributed by atoms with Crippen LogP contribution in [0.2, 0.25) is 0 Å². The molecule has 8 nitrogen and oxygen atoms in total. The predicted octanol–water partition coefficient (Wildman–Crippen LogP) is 3.93. The number of nitrogens with zero attached hydrogens (tertiary/aromatic N) is 3. The standard InChI is InChI=1S/C21H19N3O5S/c1-4-28-14-7-5-6-13(10-14)17-16(18(25)15-9-8-11(2)29-15)19(26)20(27)24(17)21-23-22-12(3)30-21/h5-10,17,26H,4H2,1-3H3/t17-/m0/s1. The van der Waals surface area contributed by atoms with E-state index in [1.54, 1.807) is 44.2 Å². The molecule has 1 N–H and O–H groups in total. The van der Waals surface area contributed by atoms with Gasteiger partial charge in [-0.1, -0.05) is 23.5 Å². The van der Waals surface area contributed by atoms with E-state index in [2.05, 4.69) is 10.2 Å². The van der Waals surface area contributed by atoms with Gasteiger partial charge >= 0.3 is 0 Å². The van der Waals surface area contributed by atoms with Gasteiger partial charge in [-0.25, -0.2) is 0 Å². The number of benzene rings is 1. The molecule has 0 fully saturated rings. The first-order valence-electron chi connectivity index (χ1n) is 9.31. The summed E-state index contributed by atoms with van der Waals surface area (Å²) in [7, 11) is 0. The number of aliphatic hydroxyl groups is 1. The molecule has 9 heteroatoms. The number of anilines is 1. The SMILES string of the molecule is CCOc1cccc([C@H]2C(C(=O)c3ccc(C)o3)=C(O)C(=O)N2c2nnc(C)s2)c1. The second-order valence-corrected chi connectivity index (χ2v) is 7.85. The lowest BCUT2D eigenvalue weighted by molar-refractivity contribution is -0.117. The van der Waals surface area contributed by atoms with Crippen LogP contribution < -0.4 is 9.64 Å². The summed E-state index contributed by atoms with van der Waals surface area (Å²) in [6.07, 6.45) is 0. The van der Waals surface area contributed by atoms with Crippen molar-refractivity contribution in [3.8, 4) is 5.75 Å². The summed E-state index contributed by atoms with van der Waals surface area (Å²) in [4.78, 5) is 27.5. The van der Waals surface area contributed by atoms with E-state index in [1.807, 2.05) is 6.92 Å². The average molecular weight is 425 g/mol. The minimum atomic E-state index is -0.900. The van der Waals surface area contributed by atoms with Crippen molar-refractivity contribution in [1.82, 2.24) is 10.2 Å². The monoisotopic (exact) mass is 425 g/mol. The zero-order chi connectivity index (χ0) is 21.4. The van der Waals surface area contributed by atoms with E-state index in [0.29, 0.717) is 28.7 Å². The van der Waals surface area contributed by atoms with E-state index in [9.17, 15) is 14.7 Å². The largest absolute Gasteiger partial charge is 0.503 e. The molecule has 1 amide bonds. The van der Waals surface area contributed by atoms with Crippen LogP contribution in [0.15, 0.2) is 52.1 Å². The second-order valence-electron chi connectivity index (χ2n) is 6.69. The Balaban J connectivity index is 1.87. The third-order valence-corrected chi connectivity index (χ3v) is 5.46. The van der Waals surface area contributed by atoms with Gasteiger partial charge < -0.3 is 14.3 Å². The normalized spacial score (nSPS) is 16.4. The van der Waals surface area contributed by atoms with Crippen LogP contribution in [0.25, 0.3) is 0 Å². The summed E-state index contributed by atoms with van der Waals surface area (Å²) in [5.41, 5.74) is 0.522. The number of aliphatic hydroxyl groups excluding tert-OH is 1. The van der Waals surface area contributed by atoms with Gasteiger partial charge in [-0.05, 0) is 50.6 Å². The third-order valence-electron chi connectivity index (χ3n) is 4.62. The van der Waals surface area contributed by atoms with Gasteiger partial charge in [0.05, 0.1) is 18.2 Å². The molecule has 1 aliphatic heterocycles. The van der Waals surface area contributed by atoms with E-state index < -0.39 is 23.5 Å². The molecular weight excluding hydrogens is 406 g/mol. The number of carbonyl (C=O) groups is 2. The molecule has 30 heavy (non-hydrogen) atoms. The van der Waals surface area contributed by atoms with Gasteiger partial charge in [0.1, 0.15) is 16.5 Å². The van der Waals surface area contributed by atoms with Gasteiger partial charge in [0, 0.05) is 0 Å². The molecule has 4 rings (SSSR count). The van der Waals surface area contributed by atoms with Crippen LogP contribution in [0.1, 0.15) is 39.9 Å². The highest BCUT2D eigenvalue weighted by Crippen LogP contribution is 2.43. The van der Waals surface area contributed by atoms with E-state index in [-0.39, 0.29) is 16.5 Å². The molecule has 1 aliphatic rings. The van der Waals surface area contributed by atoms with Gasteiger partial charge in [0.25, 0.3) is 5.91 Å². The number of hydrogen-bond acceptors (Lipinski definition) is 8. The van der Waals surface area contributed by atoms with Gasteiger partial charge in [-0.15, -0.1) is 10.2 Å². The summed E-state index contributed by atoms with van der Waals surface area (Å²) in [6.45, 7) is 5.80. The zero-order valence-corrected chi connectivity index (χ0v) is 17.4. The van der Waals surface area contributed by atoms with Crippen molar-refractivity contribution < 1.29 is 23.8 Å². The van der Waals surface area contributed by atoms with Crippen LogP contribution >= 0.6 is 11.3 Å². The molecule has 1 atom stereocenters. The molecule has 0 bridgehead atoms. The highest BCUT2D eigenvalue weighted by atomic mass is 32.1. The van der Waals surface area contributed by atoms with Crippen LogP contribution in [-0.2, 0) is 4.79 Å². The Morgan fingerprint density at radius 3 is 2.70 bits per heavy atom. The van der Waals surface area contributed by atoms with Crippen LogP contribution in [-0.4, -0.2) is 33.6 Å². The molecule has 0 saturated carbocycles. The van der Waals surface area contributed by atoms with E-state index in [4.69, 9.17) is 9.15 Å². The fourth-order valence-corrected chi connectivity index (χ4v) is 4.08. The van der Waals surface area contributed by atoms with Gasteiger partial charge in [-0.2, -0.15) is 0 Å². The number of amides is 1. The minimum Gasteiger partial charge on any atom is -0.503 e. The molecular formula is C21H19N3O5S. The smallest absolute Gasteiger partial charge is 0.296 e. The minimum absolute atomic E-state index is 0.0445. The van der Waals surface area contributed by atoms with E-state index >= 15 is 0 Å². The lowest BCUT2D eigenvalue weighted by Crippen LogP contribution is -2.31. The zero-order valence-electron chi connectivity index (χ0n) is 16.6. The lowest BCUT2D eigenvalue weighted by Gasteiger charge is -2.24. The fraction of sp³-hybridized carbons (Fsp3) is 0.238. The first kappa shape index (κ1) is 19.8. The van der Waals surface area contributed by atoms with Crippen molar-refractivity contribution in [2.24, 2.45) is 0 Å². The Morgan fingerprint density at radius 2 is 2.07 bits per heavy atom. The molecule has 0 spiro atoms. The molecule has 3 aromatic rings. The predicted molar refractivity (Wildman–Crippen MR) is 110 cm³/mol. The Labute approximate surface area is 176 Å². The topological polar surface area (TPSA) is 106 Å². The molecule has 154 valence electrons. The van der Waals surface area contributed by atoms with Crippen LogP contribution in [0.3, 0.4) is 0 Å². The number of ketones is 1. The Hall–Kier alpha value is -3.46. The third kappa shape index (κ3) is 3.37. The number of ether oxygens (including phenoxy) is 1. The number of hydrogen-bond donors (Lipinski definition) is 1. The number of carbonyl (C=O) groups excluding carboxylic acids is 2. The van der Waals surface area contributed by atoms with Crippen molar-refractivity contribution in [1.29, 1.82) is 0 Å². The number of furan rings is 1. The summed E-state index contributed by atoms with van der Waals surface area (Å²) in [5, 5.41) is 19.7. The number of aryl methyl sites for hydroxylation is 2. The quantitative estimate of drug-likeness (QED) is 0.597. The maximum atomic E-state index is 13.2. The number of rotatable bonds is 6. The summed E-state index contributed by atoms with van der Waals surface area (Å²) in [6, 6.07) is 9.32. The summed E-state index contributed by atoms with van der Waals surface area (Å²) < 4.78 is 11.0. The Morgan fingerprint density at radius 1 is 1.27 bits per heavy atom. The molecule has 0 radical (unpaired) electrons. The maximum Gasteiger partial charge on any atom is 0.296 e. The van der Waals surface area contributed by atoms with Gasteiger partial charge in [0.15, 0.2) is 11.5 Å². The van der Waals surface area contributed by atoms with E-state index in [0.717, 1.165) is 0 Å². The summed E-state index contributed by atoms with van der Waals surface area (Å²) in [5.74, 6) is -0.733. The highest BCUT2D eigenvalue weighted by Gasteiger charge is 2.46. The van der Waals surface area contributed by atoms with Crippen molar-refractivity contribution in [3.05, 3.63) is 69.8 Å². The Kier molecular flexibility index (Phi) is 5.13. The molecule has 0 saturated heterocycles. The highest BCUT2D eigenvalue weighted by molar-refractivity contribution is 7.15. The second kappa shape index (κ2) is 7.75. The Bertz CT molecular complexity index is 1160.